The quantitative estimate of drug-likeness (QED) is 0.694. The van der Waals surface area contributed by atoms with Crippen LogP contribution in [0.15, 0.2) is 0 Å². The normalized spacial score (nSPS) is 19.2. The number of rotatable bonds is 6. The third-order valence-corrected chi connectivity index (χ3v) is 3.12. The van der Waals surface area contributed by atoms with Gasteiger partial charge in [-0.2, -0.15) is 13.2 Å². The number of nitrogens with one attached hydrogen (secondary N) is 1. The first-order chi connectivity index (χ1) is 8.90. The molecule has 0 aromatic rings. The number of carbonyl (C=O) groups is 1. The summed E-state index contributed by atoms with van der Waals surface area (Å²) in [5.74, 6) is -0.242. The standard InChI is InChI=1S/C11H19F3N2O3/c12-11(13,14)8-19-6-3-16-9(17)10(7-15)1-4-18-5-2-10/h1-8,15H2,(H,16,17). The molecule has 1 heterocycles. The van der Waals surface area contributed by atoms with Crippen molar-refractivity contribution in [1.29, 1.82) is 0 Å². The summed E-state index contributed by atoms with van der Waals surface area (Å²) < 4.78 is 45.0. The highest BCUT2D eigenvalue weighted by atomic mass is 19.4. The lowest BCUT2D eigenvalue weighted by molar-refractivity contribution is -0.173. The van der Waals surface area contributed by atoms with Crippen LogP contribution in [0.2, 0.25) is 0 Å². The Balaban J connectivity index is 2.26. The van der Waals surface area contributed by atoms with Crippen molar-refractivity contribution in [2.24, 2.45) is 11.1 Å². The van der Waals surface area contributed by atoms with Gasteiger partial charge in [-0.15, -0.1) is 0 Å². The lowest BCUT2D eigenvalue weighted by atomic mass is 9.79. The predicted molar refractivity (Wildman–Crippen MR) is 61.4 cm³/mol. The molecule has 1 fully saturated rings. The molecule has 0 saturated carbocycles. The number of halogens is 3. The summed E-state index contributed by atoms with van der Waals surface area (Å²) in [7, 11) is 0. The minimum Gasteiger partial charge on any atom is -0.381 e. The molecule has 0 spiro atoms. The number of ether oxygens (including phenoxy) is 2. The molecule has 0 unspecified atom stereocenters. The Labute approximate surface area is 109 Å². The largest absolute Gasteiger partial charge is 0.411 e. The van der Waals surface area contributed by atoms with Crippen LogP contribution in [0.3, 0.4) is 0 Å². The molecule has 0 aliphatic carbocycles. The third kappa shape index (κ3) is 5.33. The average molecular weight is 284 g/mol. The predicted octanol–water partition coefficient (Wildman–Crippen LogP) is 0.437. The van der Waals surface area contributed by atoms with E-state index in [1.54, 1.807) is 0 Å². The zero-order valence-corrected chi connectivity index (χ0v) is 10.6. The molecule has 19 heavy (non-hydrogen) atoms. The molecular weight excluding hydrogens is 265 g/mol. The van der Waals surface area contributed by atoms with Crippen molar-refractivity contribution < 1.29 is 27.4 Å². The number of hydrogen-bond acceptors (Lipinski definition) is 4. The summed E-state index contributed by atoms with van der Waals surface area (Å²) in [6.45, 7) is -0.311. The Hall–Kier alpha value is -0.860. The summed E-state index contributed by atoms with van der Waals surface area (Å²) in [5, 5.41) is 2.56. The van der Waals surface area contributed by atoms with Crippen LogP contribution in [0, 0.1) is 5.41 Å². The van der Waals surface area contributed by atoms with Crippen LogP contribution >= 0.6 is 0 Å². The number of nitrogens with two attached hydrogens (primary N) is 1. The van der Waals surface area contributed by atoms with E-state index in [9.17, 15) is 18.0 Å². The second-order valence-electron chi connectivity index (χ2n) is 4.52. The summed E-state index contributed by atoms with van der Waals surface area (Å²) in [6, 6.07) is 0. The maximum Gasteiger partial charge on any atom is 0.411 e. The highest BCUT2D eigenvalue weighted by Gasteiger charge is 2.38. The zero-order valence-electron chi connectivity index (χ0n) is 10.6. The SMILES string of the molecule is NCC1(C(=O)NCCOCC(F)(F)F)CCOCC1. The summed E-state index contributed by atoms with van der Waals surface area (Å²) in [4.78, 5) is 12.0. The van der Waals surface area contributed by atoms with E-state index in [1.165, 1.54) is 0 Å². The van der Waals surface area contributed by atoms with Crippen LogP contribution in [-0.4, -0.2) is 51.6 Å². The van der Waals surface area contributed by atoms with Gasteiger partial charge in [0, 0.05) is 26.3 Å². The van der Waals surface area contributed by atoms with Crippen LogP contribution in [0.25, 0.3) is 0 Å². The Morgan fingerprint density at radius 2 is 2.00 bits per heavy atom. The first-order valence-corrected chi connectivity index (χ1v) is 6.10. The van der Waals surface area contributed by atoms with Crippen molar-refractivity contribution in [3.8, 4) is 0 Å². The van der Waals surface area contributed by atoms with E-state index in [4.69, 9.17) is 10.5 Å². The van der Waals surface area contributed by atoms with Crippen molar-refractivity contribution in [3.63, 3.8) is 0 Å². The van der Waals surface area contributed by atoms with E-state index in [2.05, 4.69) is 10.1 Å². The smallest absolute Gasteiger partial charge is 0.381 e. The highest BCUT2D eigenvalue weighted by molar-refractivity contribution is 5.83. The summed E-state index contributed by atoms with van der Waals surface area (Å²) in [6.07, 6.45) is -3.29. The fourth-order valence-corrected chi connectivity index (χ4v) is 1.90. The van der Waals surface area contributed by atoms with Gasteiger partial charge >= 0.3 is 6.18 Å². The molecule has 0 aromatic carbocycles. The molecule has 5 nitrogen and oxygen atoms in total. The second kappa shape index (κ2) is 7.06. The summed E-state index contributed by atoms with van der Waals surface area (Å²) in [5.41, 5.74) is 4.97. The van der Waals surface area contributed by atoms with Crippen molar-refractivity contribution in [2.75, 3.05) is 39.5 Å². The lowest BCUT2D eigenvalue weighted by Gasteiger charge is -2.34. The van der Waals surface area contributed by atoms with Gasteiger partial charge < -0.3 is 20.5 Å². The summed E-state index contributed by atoms with van der Waals surface area (Å²) >= 11 is 0. The molecule has 3 N–H and O–H groups in total. The van der Waals surface area contributed by atoms with Crippen LogP contribution < -0.4 is 11.1 Å². The molecule has 1 rings (SSSR count). The molecule has 0 bridgehead atoms. The van der Waals surface area contributed by atoms with E-state index in [-0.39, 0.29) is 25.6 Å². The first kappa shape index (κ1) is 16.2. The van der Waals surface area contributed by atoms with Crippen LogP contribution in [0.4, 0.5) is 13.2 Å². The maximum absolute atomic E-state index is 12.0. The van der Waals surface area contributed by atoms with Crippen LogP contribution in [-0.2, 0) is 14.3 Å². The Bertz CT molecular complexity index is 291. The molecule has 0 atom stereocenters. The van der Waals surface area contributed by atoms with Gasteiger partial charge in [-0.25, -0.2) is 0 Å². The van der Waals surface area contributed by atoms with Gasteiger partial charge in [0.15, 0.2) is 0 Å². The Morgan fingerprint density at radius 1 is 1.37 bits per heavy atom. The Morgan fingerprint density at radius 3 is 2.53 bits per heavy atom. The van der Waals surface area contributed by atoms with Gasteiger partial charge in [0.05, 0.1) is 12.0 Å². The van der Waals surface area contributed by atoms with Crippen molar-refractivity contribution in [2.45, 2.75) is 19.0 Å². The molecule has 0 aromatic heterocycles. The molecule has 112 valence electrons. The zero-order chi connectivity index (χ0) is 14.4. The van der Waals surface area contributed by atoms with Crippen molar-refractivity contribution >= 4 is 5.91 Å². The fourth-order valence-electron chi connectivity index (χ4n) is 1.90. The minimum absolute atomic E-state index is 0.0392. The van der Waals surface area contributed by atoms with Gasteiger partial charge in [-0.1, -0.05) is 0 Å². The fraction of sp³-hybridized carbons (Fsp3) is 0.909. The number of carbonyl (C=O) groups excluding carboxylic acids is 1. The molecule has 1 amide bonds. The van der Waals surface area contributed by atoms with Crippen molar-refractivity contribution in [1.82, 2.24) is 5.32 Å². The van der Waals surface area contributed by atoms with Gasteiger partial charge in [-0.05, 0) is 12.8 Å². The molecule has 0 radical (unpaired) electrons. The highest BCUT2D eigenvalue weighted by Crippen LogP contribution is 2.29. The van der Waals surface area contributed by atoms with Crippen LogP contribution in [0.5, 0.6) is 0 Å². The third-order valence-electron chi connectivity index (χ3n) is 3.12. The minimum atomic E-state index is -4.34. The molecular formula is C11H19F3N2O3. The lowest BCUT2D eigenvalue weighted by Crippen LogP contribution is -2.49. The molecule has 1 aliphatic rings. The number of hydrogen-bond donors (Lipinski definition) is 2. The number of alkyl halides is 3. The first-order valence-electron chi connectivity index (χ1n) is 6.10. The van der Waals surface area contributed by atoms with Gasteiger partial charge in [-0.3, -0.25) is 4.79 Å². The van der Waals surface area contributed by atoms with Gasteiger partial charge in [0.1, 0.15) is 6.61 Å². The van der Waals surface area contributed by atoms with Crippen molar-refractivity contribution in [3.05, 3.63) is 0 Å². The topological polar surface area (TPSA) is 73.6 Å². The second-order valence-corrected chi connectivity index (χ2v) is 4.52. The van der Waals surface area contributed by atoms with Gasteiger partial charge in [0.25, 0.3) is 0 Å². The van der Waals surface area contributed by atoms with E-state index in [1.807, 2.05) is 0 Å². The van der Waals surface area contributed by atoms with E-state index in [0.717, 1.165) is 0 Å². The molecule has 1 saturated heterocycles. The average Bonchev–Trinajstić information content (AvgIpc) is 2.37. The van der Waals surface area contributed by atoms with E-state index < -0.39 is 18.2 Å². The van der Waals surface area contributed by atoms with E-state index in [0.29, 0.717) is 26.1 Å². The number of amides is 1. The molecule has 8 heteroatoms. The van der Waals surface area contributed by atoms with Crippen LogP contribution in [0.1, 0.15) is 12.8 Å². The van der Waals surface area contributed by atoms with Gasteiger partial charge in [0.2, 0.25) is 5.91 Å². The molecule has 1 aliphatic heterocycles. The monoisotopic (exact) mass is 284 g/mol. The maximum atomic E-state index is 12.0. The van der Waals surface area contributed by atoms with E-state index >= 15 is 0 Å². The Kier molecular flexibility index (Phi) is 6.02.